The van der Waals surface area contributed by atoms with E-state index in [1.54, 1.807) is 13.8 Å². The predicted molar refractivity (Wildman–Crippen MR) is 105 cm³/mol. The highest BCUT2D eigenvalue weighted by molar-refractivity contribution is 6.02. The molecule has 2 fully saturated rings. The molecule has 1 aromatic carbocycles. The number of para-hydroxylation sites is 1. The number of nitrogens with one attached hydrogen (secondary N) is 2. The summed E-state index contributed by atoms with van der Waals surface area (Å²) in [5.41, 5.74) is 1.72. The van der Waals surface area contributed by atoms with Gasteiger partial charge < -0.3 is 24.8 Å². The molecule has 8 nitrogen and oxygen atoms in total. The first kappa shape index (κ1) is 18.2. The molecule has 3 aliphatic rings. The number of aromatic nitrogens is 1. The molecule has 0 radical (unpaired) electrons. The van der Waals surface area contributed by atoms with Gasteiger partial charge in [0.1, 0.15) is 17.0 Å². The average molecular weight is 396 g/mol. The molecular weight excluding hydrogens is 372 g/mol. The van der Waals surface area contributed by atoms with E-state index in [0.717, 1.165) is 18.5 Å². The van der Waals surface area contributed by atoms with Gasteiger partial charge in [0.05, 0.1) is 23.5 Å². The normalized spacial score (nSPS) is 25.0. The summed E-state index contributed by atoms with van der Waals surface area (Å²) in [5, 5.41) is 10.5. The molecule has 2 aromatic rings. The Balaban J connectivity index is 1.29. The van der Waals surface area contributed by atoms with Gasteiger partial charge in [0, 0.05) is 25.2 Å². The van der Waals surface area contributed by atoms with Gasteiger partial charge in [0.15, 0.2) is 0 Å². The van der Waals surface area contributed by atoms with Gasteiger partial charge >= 0.3 is 0 Å². The van der Waals surface area contributed by atoms with Crippen LogP contribution in [0.5, 0.6) is 0 Å². The Bertz CT molecular complexity index is 973. The van der Waals surface area contributed by atoms with E-state index in [0.29, 0.717) is 48.7 Å². The maximum absolute atomic E-state index is 12.9. The molecule has 4 heterocycles. The number of piperidine rings is 1. The van der Waals surface area contributed by atoms with Gasteiger partial charge in [0.2, 0.25) is 0 Å². The Morgan fingerprint density at radius 1 is 1.17 bits per heavy atom. The minimum Gasteiger partial charge on any atom is -0.370 e. The molecule has 1 aromatic heterocycles. The first-order valence-electron chi connectivity index (χ1n) is 9.96. The van der Waals surface area contributed by atoms with Crippen LogP contribution < -0.4 is 10.6 Å². The summed E-state index contributed by atoms with van der Waals surface area (Å²) in [4.78, 5) is 27.3. The lowest BCUT2D eigenvalue weighted by Crippen LogP contribution is -2.59. The average Bonchev–Trinajstić information content (AvgIpc) is 3.21. The number of ether oxygens (including phenoxy) is 1. The second-order valence-corrected chi connectivity index (χ2v) is 8.35. The van der Waals surface area contributed by atoms with Crippen molar-refractivity contribution in [2.75, 3.05) is 25.0 Å². The lowest BCUT2D eigenvalue weighted by Gasteiger charge is -2.41. The van der Waals surface area contributed by atoms with Crippen molar-refractivity contribution in [2.24, 2.45) is 0 Å². The van der Waals surface area contributed by atoms with Gasteiger partial charge in [-0.2, -0.15) is 0 Å². The van der Waals surface area contributed by atoms with Crippen LogP contribution in [-0.4, -0.2) is 52.8 Å². The molecule has 0 saturated carbocycles. The summed E-state index contributed by atoms with van der Waals surface area (Å²) in [6, 6.07) is 7.51. The highest BCUT2D eigenvalue weighted by Gasteiger charge is 2.53. The number of rotatable bonds is 1. The van der Waals surface area contributed by atoms with Gasteiger partial charge in [-0.1, -0.05) is 17.3 Å². The number of benzene rings is 1. The molecule has 2 amide bonds. The topological polar surface area (TPSA) is 96.7 Å². The van der Waals surface area contributed by atoms with Crippen LogP contribution in [0.15, 0.2) is 28.8 Å². The zero-order valence-corrected chi connectivity index (χ0v) is 16.6. The molecule has 1 unspecified atom stereocenters. The van der Waals surface area contributed by atoms with Crippen LogP contribution in [0.25, 0.3) is 0 Å². The molecule has 0 bridgehead atoms. The molecule has 2 spiro atoms. The second-order valence-electron chi connectivity index (χ2n) is 8.35. The van der Waals surface area contributed by atoms with Crippen molar-refractivity contribution in [3.05, 3.63) is 46.8 Å². The molecule has 29 heavy (non-hydrogen) atoms. The number of hydrogen-bond acceptors (Lipinski definition) is 6. The number of nitrogens with zero attached hydrogens (tertiary/aromatic N) is 2. The van der Waals surface area contributed by atoms with Crippen molar-refractivity contribution in [2.45, 2.75) is 44.4 Å². The van der Waals surface area contributed by atoms with Crippen LogP contribution >= 0.6 is 0 Å². The minimum absolute atomic E-state index is 0.0400. The SMILES string of the molecule is Cc1noc(C)c1C(=O)N1CCC2(CC1)CC1(CO2)NC(=O)c2ccccc2N1. The first-order valence-corrected chi connectivity index (χ1v) is 9.96. The molecule has 152 valence electrons. The fourth-order valence-corrected chi connectivity index (χ4v) is 4.84. The molecule has 5 rings (SSSR count). The minimum atomic E-state index is -0.598. The fraction of sp³-hybridized carbons (Fsp3) is 0.476. The molecule has 8 heteroatoms. The van der Waals surface area contributed by atoms with Crippen LogP contribution in [0.3, 0.4) is 0 Å². The van der Waals surface area contributed by atoms with E-state index in [9.17, 15) is 9.59 Å². The van der Waals surface area contributed by atoms with Crippen molar-refractivity contribution in [3.8, 4) is 0 Å². The maximum Gasteiger partial charge on any atom is 0.259 e. The second kappa shape index (κ2) is 6.32. The standard InChI is InChI=1S/C21H24N4O4/c1-13-17(14(2)29-24-13)19(27)25-9-7-20(8-10-25)11-21(12-28-20)22-16-6-4-3-5-15(16)18(26)23-21/h3-6,22H,7-12H2,1-2H3,(H,23,26). The lowest BCUT2D eigenvalue weighted by molar-refractivity contribution is -0.0393. The largest absolute Gasteiger partial charge is 0.370 e. The number of carbonyl (C=O) groups excluding carboxylic acids is 2. The molecule has 1 atom stereocenters. The highest BCUT2D eigenvalue weighted by Crippen LogP contribution is 2.43. The van der Waals surface area contributed by atoms with Crippen LogP contribution in [0.1, 0.15) is 51.4 Å². The summed E-state index contributed by atoms with van der Waals surface area (Å²) in [6.07, 6.45) is 2.12. The molecular formula is C21H24N4O4. The number of aryl methyl sites for hydroxylation is 2. The molecule has 0 aliphatic carbocycles. The summed E-state index contributed by atoms with van der Waals surface area (Å²) >= 11 is 0. The summed E-state index contributed by atoms with van der Waals surface area (Å²) in [6.45, 7) is 5.16. The first-order chi connectivity index (χ1) is 13.9. The third-order valence-corrected chi connectivity index (χ3v) is 6.36. The summed E-state index contributed by atoms with van der Waals surface area (Å²) < 4.78 is 11.4. The highest BCUT2D eigenvalue weighted by atomic mass is 16.5. The van der Waals surface area contributed by atoms with Crippen molar-refractivity contribution in [1.29, 1.82) is 0 Å². The van der Waals surface area contributed by atoms with Gasteiger partial charge in [0.25, 0.3) is 11.8 Å². The Kier molecular flexibility index (Phi) is 3.96. The number of fused-ring (bicyclic) bond motifs is 1. The van der Waals surface area contributed by atoms with E-state index in [2.05, 4.69) is 15.8 Å². The Hall–Kier alpha value is -2.87. The van der Waals surface area contributed by atoms with E-state index in [1.165, 1.54) is 0 Å². The smallest absolute Gasteiger partial charge is 0.259 e. The number of likely N-dealkylation sites (tertiary alicyclic amines) is 1. The molecule has 2 saturated heterocycles. The lowest BCUT2D eigenvalue weighted by atomic mass is 9.84. The Morgan fingerprint density at radius 3 is 2.66 bits per heavy atom. The van der Waals surface area contributed by atoms with Gasteiger partial charge in [-0.3, -0.25) is 9.59 Å². The maximum atomic E-state index is 12.9. The fourth-order valence-electron chi connectivity index (χ4n) is 4.84. The van der Waals surface area contributed by atoms with E-state index in [4.69, 9.17) is 9.26 Å². The van der Waals surface area contributed by atoms with Crippen LogP contribution in [0.4, 0.5) is 5.69 Å². The van der Waals surface area contributed by atoms with Crippen LogP contribution in [0, 0.1) is 13.8 Å². The van der Waals surface area contributed by atoms with Gasteiger partial charge in [-0.25, -0.2) is 0 Å². The van der Waals surface area contributed by atoms with Crippen LogP contribution in [0.2, 0.25) is 0 Å². The zero-order chi connectivity index (χ0) is 20.2. The van der Waals surface area contributed by atoms with Crippen molar-refractivity contribution in [1.82, 2.24) is 15.4 Å². The zero-order valence-electron chi connectivity index (χ0n) is 16.6. The third kappa shape index (κ3) is 2.90. The van der Waals surface area contributed by atoms with Crippen molar-refractivity contribution < 1.29 is 18.8 Å². The van der Waals surface area contributed by atoms with Gasteiger partial charge in [-0.15, -0.1) is 0 Å². The Morgan fingerprint density at radius 2 is 1.93 bits per heavy atom. The van der Waals surface area contributed by atoms with E-state index in [1.807, 2.05) is 29.2 Å². The van der Waals surface area contributed by atoms with Gasteiger partial charge in [-0.05, 0) is 38.8 Å². The van der Waals surface area contributed by atoms with E-state index in [-0.39, 0.29) is 17.4 Å². The van der Waals surface area contributed by atoms with Crippen molar-refractivity contribution >= 4 is 17.5 Å². The molecule has 3 aliphatic heterocycles. The number of amides is 2. The number of anilines is 1. The van der Waals surface area contributed by atoms with E-state index < -0.39 is 5.66 Å². The summed E-state index contributed by atoms with van der Waals surface area (Å²) in [5.74, 6) is 0.435. The number of hydrogen-bond donors (Lipinski definition) is 2. The Labute approximate surface area is 168 Å². The van der Waals surface area contributed by atoms with Crippen molar-refractivity contribution in [3.63, 3.8) is 0 Å². The number of carbonyl (C=O) groups is 2. The quantitative estimate of drug-likeness (QED) is 0.767. The predicted octanol–water partition coefficient (Wildman–Crippen LogP) is 2.24. The monoisotopic (exact) mass is 396 g/mol. The summed E-state index contributed by atoms with van der Waals surface area (Å²) in [7, 11) is 0. The third-order valence-electron chi connectivity index (χ3n) is 6.36. The molecule has 2 N–H and O–H groups in total. The van der Waals surface area contributed by atoms with E-state index >= 15 is 0 Å². The van der Waals surface area contributed by atoms with Crippen LogP contribution in [-0.2, 0) is 4.74 Å².